The van der Waals surface area contributed by atoms with E-state index in [1.165, 1.54) is 0 Å². The van der Waals surface area contributed by atoms with Gasteiger partial charge in [0.15, 0.2) is 0 Å². The van der Waals surface area contributed by atoms with Crippen molar-refractivity contribution in [2.75, 3.05) is 12.8 Å². The Balaban J connectivity index is 2.50. The Morgan fingerprint density at radius 2 is 1.89 bits per heavy atom. The van der Waals surface area contributed by atoms with Crippen molar-refractivity contribution >= 4 is 22.6 Å². The number of methoxy groups -OCH3 is 1. The van der Waals surface area contributed by atoms with Crippen molar-refractivity contribution in [1.29, 1.82) is 0 Å². The zero-order chi connectivity index (χ0) is 20.6. The number of aromatic nitrogens is 1. The van der Waals surface area contributed by atoms with Gasteiger partial charge < -0.3 is 10.5 Å². The number of rotatable bonds is 3. The number of benzene rings is 2. The lowest BCUT2D eigenvalue weighted by atomic mass is 10.0. The predicted molar refractivity (Wildman–Crippen MR) is 99.7 cm³/mol. The second kappa shape index (κ2) is 7.03. The Bertz CT molecular complexity index is 1130. The molecule has 0 bridgehead atoms. The highest BCUT2D eigenvalue weighted by Gasteiger charge is 2.32. The molecule has 2 N–H and O–H groups in total. The molecular weight excluding hydrogens is 373 g/mol. The molecule has 8 heteroatoms. The Morgan fingerprint density at radius 3 is 2.50 bits per heavy atom. The molecule has 1 aromatic heterocycles. The second-order valence-corrected chi connectivity index (χ2v) is 6.17. The van der Waals surface area contributed by atoms with Gasteiger partial charge in [-0.3, -0.25) is 9.36 Å². The third-order valence-corrected chi connectivity index (χ3v) is 4.51. The molecule has 0 aliphatic carbocycles. The summed E-state index contributed by atoms with van der Waals surface area (Å²) < 4.78 is 45.4. The lowest BCUT2D eigenvalue weighted by molar-refractivity contribution is -0.137. The lowest BCUT2D eigenvalue weighted by Crippen LogP contribution is -2.28. The maximum atomic E-state index is 13.2. The summed E-state index contributed by atoms with van der Waals surface area (Å²) >= 11 is 0. The van der Waals surface area contributed by atoms with Crippen LogP contribution in [0.3, 0.4) is 0 Å². The first kappa shape index (κ1) is 19.5. The molecule has 0 aliphatic rings. The first-order valence-corrected chi connectivity index (χ1v) is 8.42. The number of nitrogen functional groups attached to an aromatic ring is 1. The number of nitrogens with zero attached hydrogens (tertiary/aromatic N) is 1. The summed E-state index contributed by atoms with van der Waals surface area (Å²) in [6.07, 6.45) is -3.94. The number of halogens is 3. The highest BCUT2D eigenvalue weighted by Crippen LogP contribution is 2.34. The molecule has 0 saturated heterocycles. The number of hydrogen-bond donors (Lipinski definition) is 1. The minimum Gasteiger partial charge on any atom is -0.465 e. The van der Waals surface area contributed by atoms with Crippen molar-refractivity contribution in [2.45, 2.75) is 19.5 Å². The van der Waals surface area contributed by atoms with Crippen LogP contribution in [0.15, 0.2) is 47.3 Å². The van der Waals surface area contributed by atoms with Crippen molar-refractivity contribution in [3.8, 4) is 5.69 Å². The SMILES string of the molecule is CCc1cccc(-n2c(=O)c(C(=O)OC)c(N)c3ccc(C(F)(F)F)cc32)c1. The van der Waals surface area contributed by atoms with Crippen molar-refractivity contribution < 1.29 is 22.7 Å². The fraction of sp³-hybridized carbons (Fsp3) is 0.200. The Labute approximate surface area is 158 Å². The van der Waals surface area contributed by atoms with Gasteiger partial charge in [-0.2, -0.15) is 13.2 Å². The highest BCUT2D eigenvalue weighted by atomic mass is 19.4. The fourth-order valence-corrected chi connectivity index (χ4v) is 3.06. The number of anilines is 1. The number of carbonyl (C=O) groups is 1. The van der Waals surface area contributed by atoms with E-state index in [4.69, 9.17) is 5.73 Å². The first-order chi connectivity index (χ1) is 13.2. The van der Waals surface area contributed by atoms with Crippen LogP contribution in [0, 0.1) is 0 Å². The highest BCUT2D eigenvalue weighted by molar-refractivity contribution is 6.04. The normalized spacial score (nSPS) is 11.6. The zero-order valence-electron chi connectivity index (χ0n) is 15.1. The largest absolute Gasteiger partial charge is 0.465 e. The van der Waals surface area contributed by atoms with Crippen molar-refractivity contribution in [2.24, 2.45) is 0 Å². The molecule has 2 aromatic carbocycles. The van der Waals surface area contributed by atoms with Crippen LogP contribution in [0.25, 0.3) is 16.6 Å². The third kappa shape index (κ3) is 3.21. The average Bonchev–Trinajstić information content (AvgIpc) is 2.67. The molecule has 0 spiro atoms. The Kier molecular flexibility index (Phi) is 4.89. The molecule has 1 heterocycles. The monoisotopic (exact) mass is 390 g/mol. The smallest absolute Gasteiger partial charge is 0.416 e. The van der Waals surface area contributed by atoms with Crippen LogP contribution in [0.5, 0.6) is 0 Å². The van der Waals surface area contributed by atoms with E-state index in [1.807, 2.05) is 13.0 Å². The van der Waals surface area contributed by atoms with E-state index in [-0.39, 0.29) is 16.6 Å². The van der Waals surface area contributed by atoms with Gasteiger partial charge >= 0.3 is 12.1 Å². The van der Waals surface area contributed by atoms with Crippen LogP contribution in [0.4, 0.5) is 18.9 Å². The quantitative estimate of drug-likeness (QED) is 0.688. The van der Waals surface area contributed by atoms with Crippen LogP contribution >= 0.6 is 0 Å². The van der Waals surface area contributed by atoms with Gasteiger partial charge in [-0.1, -0.05) is 25.1 Å². The van der Waals surface area contributed by atoms with E-state index in [1.54, 1.807) is 18.2 Å². The molecule has 5 nitrogen and oxygen atoms in total. The van der Waals surface area contributed by atoms with E-state index in [0.717, 1.165) is 35.4 Å². The molecule has 0 aliphatic heterocycles. The summed E-state index contributed by atoms with van der Waals surface area (Å²) in [7, 11) is 1.10. The number of esters is 1. The predicted octanol–water partition coefficient (Wildman–Crippen LogP) is 3.94. The molecule has 28 heavy (non-hydrogen) atoms. The Morgan fingerprint density at radius 1 is 1.18 bits per heavy atom. The van der Waals surface area contributed by atoms with Gasteiger partial charge in [0.05, 0.1) is 23.9 Å². The number of alkyl halides is 3. The minimum absolute atomic E-state index is 0.0433. The number of carbonyl (C=O) groups excluding carboxylic acids is 1. The van der Waals surface area contributed by atoms with Crippen molar-refractivity contribution in [3.63, 3.8) is 0 Å². The van der Waals surface area contributed by atoms with Crippen LogP contribution < -0.4 is 11.3 Å². The van der Waals surface area contributed by atoms with Crippen LogP contribution in [-0.4, -0.2) is 17.6 Å². The summed E-state index contributed by atoms with van der Waals surface area (Å²) in [5.74, 6) is -0.954. The number of pyridine rings is 1. The standard InChI is InChI=1S/C20H17F3N2O3/c1-3-11-5-4-6-13(9-11)25-15-10-12(20(21,22)23)7-8-14(15)17(24)16(18(25)26)19(27)28-2/h4-10H,3,24H2,1-2H3. The maximum absolute atomic E-state index is 13.2. The molecular formula is C20H17F3N2O3. The topological polar surface area (TPSA) is 74.3 Å². The van der Waals surface area contributed by atoms with Gasteiger partial charge in [-0.25, -0.2) is 4.79 Å². The summed E-state index contributed by atoms with van der Waals surface area (Å²) in [6.45, 7) is 1.91. The first-order valence-electron chi connectivity index (χ1n) is 8.42. The van der Waals surface area contributed by atoms with Gasteiger partial charge in [-0.15, -0.1) is 0 Å². The number of fused-ring (bicyclic) bond motifs is 1. The number of ether oxygens (including phenoxy) is 1. The van der Waals surface area contributed by atoms with Crippen molar-refractivity contribution in [3.05, 3.63) is 69.5 Å². The van der Waals surface area contributed by atoms with E-state index >= 15 is 0 Å². The van der Waals surface area contributed by atoms with Gasteiger partial charge in [-0.05, 0) is 36.2 Å². The second-order valence-electron chi connectivity index (χ2n) is 6.17. The maximum Gasteiger partial charge on any atom is 0.416 e. The summed E-state index contributed by atoms with van der Waals surface area (Å²) in [4.78, 5) is 25.2. The Hall–Kier alpha value is -3.29. The number of aryl methyl sites for hydroxylation is 1. The average molecular weight is 390 g/mol. The number of nitrogens with two attached hydrogens (primary N) is 1. The number of hydrogen-bond acceptors (Lipinski definition) is 4. The fourth-order valence-electron chi connectivity index (χ4n) is 3.06. The molecule has 0 fully saturated rings. The van der Waals surface area contributed by atoms with Crippen molar-refractivity contribution in [1.82, 2.24) is 4.57 Å². The summed E-state index contributed by atoms with van der Waals surface area (Å²) in [6, 6.07) is 9.64. The van der Waals surface area contributed by atoms with E-state index < -0.39 is 28.8 Å². The summed E-state index contributed by atoms with van der Waals surface area (Å²) in [5.41, 5.74) is 4.72. The molecule has 0 radical (unpaired) electrons. The van der Waals surface area contributed by atoms with Crippen LogP contribution in [0.1, 0.15) is 28.4 Å². The molecule has 0 unspecified atom stereocenters. The van der Waals surface area contributed by atoms with Gasteiger partial charge in [0.1, 0.15) is 5.56 Å². The van der Waals surface area contributed by atoms with E-state index in [9.17, 15) is 22.8 Å². The molecule has 3 rings (SSSR count). The van der Waals surface area contributed by atoms with E-state index in [0.29, 0.717) is 12.1 Å². The van der Waals surface area contributed by atoms with E-state index in [2.05, 4.69) is 4.74 Å². The molecule has 146 valence electrons. The van der Waals surface area contributed by atoms with Gasteiger partial charge in [0, 0.05) is 11.1 Å². The zero-order valence-corrected chi connectivity index (χ0v) is 15.1. The molecule has 0 saturated carbocycles. The third-order valence-electron chi connectivity index (χ3n) is 4.51. The van der Waals surface area contributed by atoms with Crippen LogP contribution in [0.2, 0.25) is 0 Å². The molecule has 3 aromatic rings. The van der Waals surface area contributed by atoms with Crippen LogP contribution in [-0.2, 0) is 17.3 Å². The molecule has 0 amide bonds. The minimum atomic E-state index is -4.60. The molecule has 0 atom stereocenters. The lowest BCUT2D eigenvalue weighted by Gasteiger charge is -2.17. The summed E-state index contributed by atoms with van der Waals surface area (Å²) in [5, 5.41) is 0.148. The van der Waals surface area contributed by atoms with Gasteiger partial charge in [0.25, 0.3) is 5.56 Å². The van der Waals surface area contributed by atoms with Gasteiger partial charge in [0.2, 0.25) is 0 Å².